The Morgan fingerprint density at radius 3 is 2.69 bits per heavy atom. The van der Waals surface area contributed by atoms with Gasteiger partial charge in [0.05, 0.1) is 24.2 Å². The van der Waals surface area contributed by atoms with Crippen molar-refractivity contribution in [2.75, 3.05) is 31.3 Å². The third-order valence-electron chi connectivity index (χ3n) is 2.62. The summed E-state index contributed by atoms with van der Waals surface area (Å²) in [5.74, 6) is -0.0928. The fourth-order valence-corrected chi connectivity index (χ4v) is 3.46. The third kappa shape index (κ3) is 4.78. The highest BCUT2D eigenvalue weighted by Gasteiger charge is 2.35. The standard InChI is InChI=1S/C10H21NO4S/c1-2-3-5-15-6-4-11-9-7-16(13,14)8-10(9)12/h9-12H,2-8H2,1H3. The van der Waals surface area contributed by atoms with Crippen LogP contribution in [-0.4, -0.2) is 56.9 Å². The van der Waals surface area contributed by atoms with Gasteiger partial charge in [-0.3, -0.25) is 0 Å². The quantitative estimate of drug-likeness (QED) is 0.599. The zero-order valence-corrected chi connectivity index (χ0v) is 10.5. The number of unbranched alkanes of at least 4 members (excludes halogenated alkanes) is 1. The molecule has 2 N–H and O–H groups in total. The SMILES string of the molecule is CCCCOCCNC1CS(=O)(=O)CC1O. The number of ether oxygens (including phenoxy) is 1. The van der Waals surface area contributed by atoms with Gasteiger partial charge in [0.2, 0.25) is 0 Å². The molecule has 1 fully saturated rings. The van der Waals surface area contributed by atoms with Crippen molar-refractivity contribution in [3.63, 3.8) is 0 Å². The smallest absolute Gasteiger partial charge is 0.154 e. The van der Waals surface area contributed by atoms with Crippen molar-refractivity contribution in [2.45, 2.75) is 31.9 Å². The van der Waals surface area contributed by atoms with Gasteiger partial charge in [-0.2, -0.15) is 0 Å². The summed E-state index contributed by atoms with van der Waals surface area (Å²) in [6.07, 6.45) is 1.37. The molecule has 16 heavy (non-hydrogen) atoms. The van der Waals surface area contributed by atoms with Crippen LogP contribution in [0.15, 0.2) is 0 Å². The topological polar surface area (TPSA) is 75.6 Å². The fraction of sp³-hybridized carbons (Fsp3) is 1.00. The van der Waals surface area contributed by atoms with Crippen LogP contribution in [-0.2, 0) is 14.6 Å². The zero-order chi connectivity index (χ0) is 12.0. The second kappa shape index (κ2) is 6.54. The largest absolute Gasteiger partial charge is 0.390 e. The van der Waals surface area contributed by atoms with Gasteiger partial charge in [-0.15, -0.1) is 0 Å². The highest BCUT2D eigenvalue weighted by atomic mass is 32.2. The van der Waals surface area contributed by atoms with Gasteiger partial charge in [0.25, 0.3) is 0 Å². The lowest BCUT2D eigenvalue weighted by Gasteiger charge is -2.14. The maximum absolute atomic E-state index is 11.2. The van der Waals surface area contributed by atoms with Gasteiger partial charge in [0, 0.05) is 19.2 Å². The van der Waals surface area contributed by atoms with Crippen LogP contribution in [0.3, 0.4) is 0 Å². The van der Waals surface area contributed by atoms with E-state index in [4.69, 9.17) is 4.74 Å². The van der Waals surface area contributed by atoms with Crippen molar-refractivity contribution < 1.29 is 18.3 Å². The molecule has 1 saturated heterocycles. The Morgan fingerprint density at radius 2 is 2.12 bits per heavy atom. The summed E-state index contributed by atoms with van der Waals surface area (Å²) in [4.78, 5) is 0. The Balaban J connectivity index is 2.10. The van der Waals surface area contributed by atoms with E-state index in [1.165, 1.54) is 0 Å². The molecule has 2 unspecified atom stereocenters. The average Bonchev–Trinajstić information content (AvgIpc) is 2.45. The summed E-state index contributed by atoms with van der Waals surface area (Å²) >= 11 is 0. The normalized spacial score (nSPS) is 28.4. The Labute approximate surface area is 97.1 Å². The monoisotopic (exact) mass is 251 g/mol. The molecule has 1 aliphatic heterocycles. The lowest BCUT2D eigenvalue weighted by atomic mass is 10.2. The van der Waals surface area contributed by atoms with Gasteiger partial charge >= 0.3 is 0 Å². The second-order valence-electron chi connectivity index (χ2n) is 4.17. The predicted molar refractivity (Wildman–Crippen MR) is 62.2 cm³/mol. The highest BCUT2D eigenvalue weighted by molar-refractivity contribution is 7.91. The van der Waals surface area contributed by atoms with E-state index in [0.29, 0.717) is 13.2 Å². The van der Waals surface area contributed by atoms with Crippen molar-refractivity contribution >= 4 is 9.84 Å². The van der Waals surface area contributed by atoms with Crippen LogP contribution in [0.4, 0.5) is 0 Å². The summed E-state index contributed by atoms with van der Waals surface area (Å²) in [5.41, 5.74) is 0. The maximum atomic E-state index is 11.2. The molecule has 0 amide bonds. The van der Waals surface area contributed by atoms with Crippen LogP contribution in [0.25, 0.3) is 0 Å². The van der Waals surface area contributed by atoms with Gasteiger partial charge in [-0.05, 0) is 6.42 Å². The zero-order valence-electron chi connectivity index (χ0n) is 9.68. The minimum absolute atomic E-state index is 0.0309. The molecule has 5 nitrogen and oxygen atoms in total. The molecule has 1 aliphatic rings. The molecule has 0 saturated carbocycles. The molecule has 0 radical (unpaired) electrons. The van der Waals surface area contributed by atoms with Crippen molar-refractivity contribution in [1.82, 2.24) is 5.32 Å². The van der Waals surface area contributed by atoms with Gasteiger partial charge in [0.15, 0.2) is 9.84 Å². The van der Waals surface area contributed by atoms with E-state index in [-0.39, 0.29) is 17.5 Å². The summed E-state index contributed by atoms with van der Waals surface area (Å²) in [6, 6.07) is -0.334. The molecule has 0 aromatic heterocycles. The molecular weight excluding hydrogens is 230 g/mol. The third-order valence-corrected chi connectivity index (χ3v) is 4.33. The molecular formula is C10H21NO4S. The lowest BCUT2D eigenvalue weighted by molar-refractivity contribution is 0.120. The number of nitrogens with one attached hydrogen (secondary N) is 1. The highest BCUT2D eigenvalue weighted by Crippen LogP contribution is 2.11. The number of sulfone groups is 1. The molecule has 0 aromatic carbocycles. The molecule has 96 valence electrons. The molecule has 6 heteroatoms. The minimum Gasteiger partial charge on any atom is -0.390 e. The van der Waals surface area contributed by atoms with Crippen LogP contribution in [0.2, 0.25) is 0 Å². The van der Waals surface area contributed by atoms with E-state index < -0.39 is 15.9 Å². The lowest BCUT2D eigenvalue weighted by Crippen LogP contribution is -2.40. The molecule has 1 heterocycles. The van der Waals surface area contributed by atoms with Gasteiger partial charge in [0.1, 0.15) is 0 Å². The Hall–Kier alpha value is -0.170. The number of aliphatic hydroxyl groups excluding tert-OH is 1. The molecule has 0 aliphatic carbocycles. The first-order chi connectivity index (χ1) is 7.55. The second-order valence-corrected chi connectivity index (χ2v) is 6.32. The molecule has 0 spiro atoms. The first-order valence-corrected chi connectivity index (χ1v) is 7.57. The summed E-state index contributed by atoms with van der Waals surface area (Å²) < 4.78 is 27.7. The number of hydrogen-bond donors (Lipinski definition) is 2. The number of aliphatic hydroxyl groups is 1. The number of rotatable bonds is 7. The van der Waals surface area contributed by atoms with Crippen molar-refractivity contribution in [2.24, 2.45) is 0 Å². The van der Waals surface area contributed by atoms with E-state index in [1.54, 1.807) is 0 Å². The van der Waals surface area contributed by atoms with Crippen molar-refractivity contribution in [3.8, 4) is 0 Å². The number of hydrogen-bond acceptors (Lipinski definition) is 5. The predicted octanol–water partition coefficient (Wildman–Crippen LogP) is -0.449. The average molecular weight is 251 g/mol. The Kier molecular flexibility index (Phi) is 5.68. The van der Waals surface area contributed by atoms with E-state index in [0.717, 1.165) is 19.4 Å². The van der Waals surface area contributed by atoms with Gasteiger partial charge < -0.3 is 15.2 Å². The molecule has 1 rings (SSSR count). The summed E-state index contributed by atoms with van der Waals surface area (Å²) in [7, 11) is -3.05. The van der Waals surface area contributed by atoms with Crippen molar-refractivity contribution in [3.05, 3.63) is 0 Å². The van der Waals surface area contributed by atoms with Crippen LogP contribution in [0.1, 0.15) is 19.8 Å². The van der Waals surface area contributed by atoms with Crippen LogP contribution in [0.5, 0.6) is 0 Å². The van der Waals surface area contributed by atoms with Gasteiger partial charge in [-0.25, -0.2) is 8.42 Å². The van der Waals surface area contributed by atoms with E-state index in [9.17, 15) is 13.5 Å². The van der Waals surface area contributed by atoms with Crippen LogP contribution >= 0.6 is 0 Å². The van der Waals surface area contributed by atoms with E-state index in [1.807, 2.05) is 0 Å². The van der Waals surface area contributed by atoms with Crippen LogP contribution in [0, 0.1) is 0 Å². The molecule has 0 bridgehead atoms. The Bertz CT molecular complexity index is 291. The molecule has 2 atom stereocenters. The molecule has 0 aromatic rings. The minimum atomic E-state index is -3.05. The summed E-state index contributed by atoms with van der Waals surface area (Å²) in [5, 5.41) is 12.5. The van der Waals surface area contributed by atoms with E-state index in [2.05, 4.69) is 12.2 Å². The summed E-state index contributed by atoms with van der Waals surface area (Å²) in [6.45, 7) is 3.98. The van der Waals surface area contributed by atoms with E-state index >= 15 is 0 Å². The van der Waals surface area contributed by atoms with Gasteiger partial charge in [-0.1, -0.05) is 13.3 Å². The Morgan fingerprint density at radius 1 is 1.38 bits per heavy atom. The van der Waals surface area contributed by atoms with Crippen LogP contribution < -0.4 is 5.32 Å². The first kappa shape index (κ1) is 13.9. The maximum Gasteiger partial charge on any atom is 0.154 e. The first-order valence-electron chi connectivity index (χ1n) is 5.75. The fourth-order valence-electron chi connectivity index (χ4n) is 1.69. The van der Waals surface area contributed by atoms with Crippen molar-refractivity contribution in [1.29, 1.82) is 0 Å².